The van der Waals surface area contributed by atoms with Gasteiger partial charge in [-0.25, -0.2) is 0 Å². The lowest BCUT2D eigenvalue weighted by molar-refractivity contribution is -0.147. The number of piperazine rings is 1. The molecule has 1 aromatic carbocycles. The maximum atomic E-state index is 12.9. The summed E-state index contributed by atoms with van der Waals surface area (Å²) in [6, 6.07) is 10.2. The second kappa shape index (κ2) is 9.35. The molecule has 0 radical (unpaired) electrons. The van der Waals surface area contributed by atoms with E-state index in [2.05, 4.69) is 29.0 Å². The van der Waals surface area contributed by atoms with E-state index in [1.54, 1.807) is 0 Å². The average molecular weight is 344 g/mol. The highest BCUT2D eigenvalue weighted by atomic mass is 16.5. The van der Waals surface area contributed by atoms with E-state index in [4.69, 9.17) is 4.74 Å². The summed E-state index contributed by atoms with van der Waals surface area (Å²) in [6.45, 7) is 5.70. The van der Waals surface area contributed by atoms with Gasteiger partial charge in [0.2, 0.25) is 0 Å². The van der Waals surface area contributed by atoms with Crippen LogP contribution >= 0.6 is 0 Å². The van der Waals surface area contributed by atoms with Gasteiger partial charge in [-0.3, -0.25) is 9.69 Å². The van der Waals surface area contributed by atoms with Crippen molar-refractivity contribution in [3.8, 4) is 0 Å². The third kappa shape index (κ3) is 5.29. The third-order valence-electron chi connectivity index (χ3n) is 5.78. The van der Waals surface area contributed by atoms with Gasteiger partial charge in [0.1, 0.15) is 6.61 Å². The Morgan fingerprint density at radius 3 is 2.44 bits per heavy atom. The van der Waals surface area contributed by atoms with Crippen molar-refractivity contribution in [1.29, 1.82) is 0 Å². The van der Waals surface area contributed by atoms with Gasteiger partial charge >= 0.3 is 5.97 Å². The van der Waals surface area contributed by atoms with E-state index in [9.17, 15) is 4.79 Å². The van der Waals surface area contributed by atoms with Gasteiger partial charge in [0.05, 0.1) is 5.92 Å². The number of hydrogen-bond donors (Lipinski definition) is 0. The fourth-order valence-corrected chi connectivity index (χ4v) is 4.17. The first-order valence-electron chi connectivity index (χ1n) is 9.86. The van der Waals surface area contributed by atoms with Crippen molar-refractivity contribution in [2.24, 2.45) is 5.92 Å². The van der Waals surface area contributed by atoms with Gasteiger partial charge in [-0.15, -0.1) is 0 Å². The van der Waals surface area contributed by atoms with Crippen molar-refractivity contribution < 1.29 is 9.53 Å². The summed E-state index contributed by atoms with van der Waals surface area (Å²) < 4.78 is 5.75. The van der Waals surface area contributed by atoms with Gasteiger partial charge in [0.15, 0.2) is 0 Å². The molecule has 4 heteroatoms. The standard InChI is InChI=1S/C21H32N2O2/c1-22-12-14-23(15-13-22)16-17-25-21(24)20(18-8-4-2-5-9-18)19-10-6-3-7-11-19/h2,4-5,8-9,19-20H,3,6-7,10-17H2,1H3. The number of carbonyl (C=O) groups excluding carboxylic acids is 1. The molecule has 0 bridgehead atoms. The van der Waals surface area contributed by atoms with Gasteiger partial charge < -0.3 is 9.64 Å². The normalized spacial score (nSPS) is 21.8. The van der Waals surface area contributed by atoms with Crippen LogP contribution in [0.5, 0.6) is 0 Å². The number of ether oxygens (including phenoxy) is 1. The first-order chi connectivity index (χ1) is 12.2. The number of likely N-dealkylation sites (N-methyl/N-ethyl adjacent to an activating group) is 1. The van der Waals surface area contributed by atoms with Crippen molar-refractivity contribution >= 4 is 5.97 Å². The van der Waals surface area contributed by atoms with Crippen LogP contribution in [0, 0.1) is 5.92 Å². The first kappa shape index (κ1) is 18.4. The molecule has 1 unspecified atom stereocenters. The molecule has 1 aliphatic heterocycles. The van der Waals surface area contributed by atoms with E-state index >= 15 is 0 Å². The second-order valence-electron chi connectivity index (χ2n) is 7.60. The van der Waals surface area contributed by atoms with Crippen LogP contribution in [-0.2, 0) is 9.53 Å². The van der Waals surface area contributed by atoms with Gasteiger partial charge in [-0.1, -0.05) is 49.6 Å². The number of rotatable bonds is 6. The van der Waals surface area contributed by atoms with E-state index in [1.165, 1.54) is 19.3 Å². The zero-order valence-corrected chi connectivity index (χ0v) is 15.5. The molecular formula is C21H32N2O2. The Hall–Kier alpha value is -1.39. The lowest BCUT2D eigenvalue weighted by Gasteiger charge is -2.32. The topological polar surface area (TPSA) is 32.8 Å². The smallest absolute Gasteiger partial charge is 0.313 e. The van der Waals surface area contributed by atoms with Crippen LogP contribution < -0.4 is 0 Å². The predicted octanol–water partition coefficient (Wildman–Crippen LogP) is 3.14. The Morgan fingerprint density at radius 1 is 1.08 bits per heavy atom. The number of nitrogens with zero attached hydrogens (tertiary/aromatic N) is 2. The van der Waals surface area contributed by atoms with Crippen molar-refractivity contribution in [2.45, 2.75) is 38.0 Å². The molecule has 138 valence electrons. The summed E-state index contributed by atoms with van der Waals surface area (Å²) in [4.78, 5) is 17.6. The number of benzene rings is 1. The molecule has 2 fully saturated rings. The molecular weight excluding hydrogens is 312 g/mol. The molecule has 1 aromatic rings. The lowest BCUT2D eigenvalue weighted by atomic mass is 9.77. The van der Waals surface area contributed by atoms with E-state index in [0.717, 1.165) is 51.1 Å². The van der Waals surface area contributed by atoms with Crippen molar-refractivity contribution in [3.63, 3.8) is 0 Å². The molecule has 1 saturated carbocycles. The summed E-state index contributed by atoms with van der Waals surface area (Å²) in [5, 5.41) is 0. The Balaban J connectivity index is 1.55. The molecule has 1 aliphatic carbocycles. The first-order valence-corrected chi connectivity index (χ1v) is 9.86. The number of esters is 1. The maximum absolute atomic E-state index is 12.9. The molecule has 0 spiro atoms. The SMILES string of the molecule is CN1CCN(CCOC(=O)C(c2ccccc2)C2CCCCC2)CC1. The summed E-state index contributed by atoms with van der Waals surface area (Å²) >= 11 is 0. The summed E-state index contributed by atoms with van der Waals surface area (Å²) in [5.41, 5.74) is 1.12. The lowest BCUT2D eigenvalue weighted by Crippen LogP contribution is -2.45. The van der Waals surface area contributed by atoms with Gasteiger partial charge in [-0.2, -0.15) is 0 Å². The molecule has 0 N–H and O–H groups in total. The highest BCUT2D eigenvalue weighted by Gasteiger charge is 2.32. The van der Waals surface area contributed by atoms with Crippen LogP contribution in [-0.4, -0.2) is 62.1 Å². The fraction of sp³-hybridized carbons (Fsp3) is 0.667. The van der Waals surface area contributed by atoms with Gasteiger partial charge in [0, 0.05) is 32.7 Å². The summed E-state index contributed by atoms with van der Waals surface area (Å²) in [6.07, 6.45) is 6.07. The van der Waals surface area contributed by atoms with E-state index in [0.29, 0.717) is 12.5 Å². The Morgan fingerprint density at radius 2 is 1.76 bits per heavy atom. The minimum absolute atomic E-state index is 0.0211. The Bertz CT molecular complexity index is 520. The highest BCUT2D eigenvalue weighted by Crippen LogP contribution is 2.36. The fourth-order valence-electron chi connectivity index (χ4n) is 4.17. The van der Waals surface area contributed by atoms with E-state index in [-0.39, 0.29) is 11.9 Å². The third-order valence-corrected chi connectivity index (χ3v) is 5.78. The Kier molecular flexibility index (Phi) is 6.88. The molecule has 2 aliphatic rings. The molecule has 0 aromatic heterocycles. The zero-order chi connectivity index (χ0) is 17.5. The molecule has 1 saturated heterocycles. The number of hydrogen-bond acceptors (Lipinski definition) is 4. The largest absolute Gasteiger partial charge is 0.464 e. The second-order valence-corrected chi connectivity index (χ2v) is 7.60. The van der Waals surface area contributed by atoms with Crippen LogP contribution in [0.4, 0.5) is 0 Å². The molecule has 1 atom stereocenters. The van der Waals surface area contributed by atoms with Crippen LogP contribution in [0.15, 0.2) is 30.3 Å². The minimum Gasteiger partial charge on any atom is -0.464 e. The van der Waals surface area contributed by atoms with Crippen LogP contribution in [0.3, 0.4) is 0 Å². The van der Waals surface area contributed by atoms with Gasteiger partial charge in [0.25, 0.3) is 0 Å². The molecule has 3 rings (SSSR count). The van der Waals surface area contributed by atoms with Gasteiger partial charge in [-0.05, 0) is 31.4 Å². The predicted molar refractivity (Wildman–Crippen MR) is 101 cm³/mol. The maximum Gasteiger partial charge on any atom is 0.313 e. The van der Waals surface area contributed by atoms with Crippen LogP contribution in [0.25, 0.3) is 0 Å². The molecule has 1 heterocycles. The van der Waals surface area contributed by atoms with E-state index in [1.807, 2.05) is 18.2 Å². The Labute approximate surface area is 152 Å². The van der Waals surface area contributed by atoms with Crippen molar-refractivity contribution in [1.82, 2.24) is 9.80 Å². The molecule has 4 nitrogen and oxygen atoms in total. The summed E-state index contributed by atoms with van der Waals surface area (Å²) in [7, 11) is 2.16. The molecule has 0 amide bonds. The summed E-state index contributed by atoms with van der Waals surface area (Å²) in [5.74, 6) is 0.327. The minimum atomic E-state index is -0.0889. The van der Waals surface area contributed by atoms with Crippen LogP contribution in [0.1, 0.15) is 43.6 Å². The van der Waals surface area contributed by atoms with Crippen LogP contribution in [0.2, 0.25) is 0 Å². The highest BCUT2D eigenvalue weighted by molar-refractivity contribution is 5.78. The van der Waals surface area contributed by atoms with Crippen molar-refractivity contribution in [2.75, 3.05) is 46.4 Å². The monoisotopic (exact) mass is 344 g/mol. The quantitative estimate of drug-likeness (QED) is 0.742. The number of carbonyl (C=O) groups is 1. The van der Waals surface area contributed by atoms with Crippen molar-refractivity contribution in [3.05, 3.63) is 35.9 Å². The average Bonchev–Trinajstić information content (AvgIpc) is 2.65. The van der Waals surface area contributed by atoms with E-state index < -0.39 is 0 Å². The zero-order valence-electron chi connectivity index (χ0n) is 15.5. The molecule has 25 heavy (non-hydrogen) atoms.